The Hall–Kier alpha value is -2.29. The molecule has 1 aromatic heterocycles. The summed E-state index contributed by atoms with van der Waals surface area (Å²) in [4.78, 5) is 20.7. The molecule has 1 aliphatic rings. The van der Waals surface area contributed by atoms with Crippen molar-refractivity contribution in [3.63, 3.8) is 0 Å². The number of hydrogen-bond donors (Lipinski definition) is 0. The first-order chi connectivity index (χ1) is 11.3. The summed E-state index contributed by atoms with van der Waals surface area (Å²) in [5.74, 6) is 0.155. The number of fused-ring (bicyclic) bond motifs is 1. The van der Waals surface area contributed by atoms with Crippen LogP contribution in [0.1, 0.15) is 54.4 Å². The molecular weight excluding hydrogens is 284 g/mol. The number of carbonyl (C=O) groups excluding carboxylic acids is 1. The lowest BCUT2D eigenvalue weighted by Gasteiger charge is -2.13. The molecule has 0 aliphatic carbocycles. The molecule has 2 heterocycles. The van der Waals surface area contributed by atoms with Crippen molar-refractivity contribution >= 4 is 17.2 Å². The minimum Gasteiger partial charge on any atom is -0.294 e. The topological polar surface area (TPSA) is 42.3 Å². The minimum atomic E-state index is 0.155. The summed E-state index contributed by atoms with van der Waals surface area (Å²) in [6, 6.07) is 12.5. The van der Waals surface area contributed by atoms with Crippen LogP contribution in [-0.2, 0) is 6.42 Å². The number of rotatable bonds is 7. The number of aryl methyl sites for hydroxylation is 1. The van der Waals surface area contributed by atoms with Crippen molar-refractivity contribution in [2.24, 2.45) is 4.99 Å². The van der Waals surface area contributed by atoms with E-state index in [4.69, 9.17) is 0 Å². The fourth-order valence-electron chi connectivity index (χ4n) is 2.99. The second-order valence-electron chi connectivity index (χ2n) is 6.07. The monoisotopic (exact) mass is 306 g/mol. The number of carbonyl (C=O) groups is 1. The van der Waals surface area contributed by atoms with Crippen LogP contribution in [0.15, 0.2) is 53.8 Å². The van der Waals surface area contributed by atoms with E-state index in [0.29, 0.717) is 12.0 Å². The summed E-state index contributed by atoms with van der Waals surface area (Å²) in [6.45, 7) is 0. The lowest BCUT2D eigenvalue weighted by molar-refractivity contribution is 0.0999. The lowest BCUT2D eigenvalue weighted by atomic mass is 9.98. The van der Waals surface area contributed by atoms with Gasteiger partial charge in [0.25, 0.3) is 0 Å². The number of nitrogens with zero attached hydrogens (tertiary/aromatic N) is 2. The Kier molecular flexibility index (Phi) is 5.30. The molecule has 0 spiro atoms. The van der Waals surface area contributed by atoms with E-state index >= 15 is 0 Å². The van der Waals surface area contributed by atoms with Gasteiger partial charge in [-0.25, -0.2) is 0 Å². The molecule has 0 fully saturated rings. The van der Waals surface area contributed by atoms with Crippen LogP contribution in [-0.4, -0.2) is 16.5 Å². The third-order valence-electron chi connectivity index (χ3n) is 4.27. The standard InChI is InChI=1S/C20H22N2O/c23-20-14-17(22-19-12-13-21-15-18(19)20)11-7-2-1-4-8-16-9-5-3-6-10-16/h3,5-6,9-10,12-13,15H,1-2,4,7-8,11,14H2. The molecule has 118 valence electrons. The Bertz CT molecular complexity index is 692. The third kappa shape index (κ3) is 4.35. The van der Waals surface area contributed by atoms with Crippen molar-refractivity contribution in [2.75, 3.05) is 0 Å². The van der Waals surface area contributed by atoms with Crippen LogP contribution < -0.4 is 0 Å². The van der Waals surface area contributed by atoms with Gasteiger partial charge in [0, 0.05) is 24.5 Å². The Morgan fingerprint density at radius 2 is 1.70 bits per heavy atom. The molecule has 0 unspecified atom stereocenters. The zero-order chi connectivity index (χ0) is 15.9. The molecule has 0 atom stereocenters. The molecule has 0 amide bonds. The maximum Gasteiger partial charge on any atom is 0.172 e. The van der Waals surface area contributed by atoms with Crippen LogP contribution in [0.25, 0.3) is 0 Å². The quantitative estimate of drug-likeness (QED) is 0.680. The van der Waals surface area contributed by atoms with Crippen LogP contribution in [0.4, 0.5) is 5.69 Å². The van der Waals surface area contributed by atoms with Crippen molar-refractivity contribution in [2.45, 2.75) is 44.9 Å². The van der Waals surface area contributed by atoms with Crippen LogP contribution in [0.2, 0.25) is 0 Å². The van der Waals surface area contributed by atoms with Crippen molar-refractivity contribution in [3.05, 3.63) is 59.9 Å². The molecule has 23 heavy (non-hydrogen) atoms. The van der Waals surface area contributed by atoms with Gasteiger partial charge < -0.3 is 0 Å². The average molecular weight is 306 g/mol. The first-order valence-corrected chi connectivity index (χ1v) is 8.40. The van der Waals surface area contributed by atoms with E-state index in [1.165, 1.54) is 24.8 Å². The van der Waals surface area contributed by atoms with Gasteiger partial charge in [0.15, 0.2) is 5.78 Å². The number of aliphatic imine (C=N–C) groups is 1. The van der Waals surface area contributed by atoms with Crippen LogP contribution in [0, 0.1) is 0 Å². The SMILES string of the molecule is O=C1CC(CCCCCCc2ccccc2)=Nc2ccncc21. The molecule has 2 aromatic rings. The lowest BCUT2D eigenvalue weighted by Crippen LogP contribution is -2.13. The van der Waals surface area contributed by atoms with E-state index in [1.807, 2.05) is 6.07 Å². The molecule has 0 radical (unpaired) electrons. The molecule has 1 aliphatic heterocycles. The van der Waals surface area contributed by atoms with E-state index in [0.717, 1.165) is 30.7 Å². The Labute approximate surface area is 137 Å². The summed E-state index contributed by atoms with van der Waals surface area (Å²) < 4.78 is 0. The summed E-state index contributed by atoms with van der Waals surface area (Å²) in [7, 11) is 0. The molecule has 3 heteroatoms. The highest BCUT2D eigenvalue weighted by molar-refractivity contribution is 6.15. The van der Waals surface area contributed by atoms with Gasteiger partial charge in [0.1, 0.15) is 0 Å². The van der Waals surface area contributed by atoms with E-state index < -0.39 is 0 Å². The molecule has 0 bridgehead atoms. The molecule has 0 saturated carbocycles. The number of ketones is 1. The van der Waals surface area contributed by atoms with Gasteiger partial charge in [-0.1, -0.05) is 43.2 Å². The summed E-state index contributed by atoms with van der Waals surface area (Å²) in [5.41, 5.74) is 3.89. The number of aromatic nitrogens is 1. The van der Waals surface area contributed by atoms with Gasteiger partial charge in [0.2, 0.25) is 0 Å². The van der Waals surface area contributed by atoms with Gasteiger partial charge in [-0.05, 0) is 37.3 Å². The molecular formula is C20H22N2O. The highest BCUT2D eigenvalue weighted by atomic mass is 16.1. The van der Waals surface area contributed by atoms with Crippen LogP contribution in [0.3, 0.4) is 0 Å². The number of pyridine rings is 1. The van der Waals surface area contributed by atoms with Crippen molar-refractivity contribution < 1.29 is 4.79 Å². The van der Waals surface area contributed by atoms with E-state index in [2.05, 4.69) is 40.3 Å². The second-order valence-corrected chi connectivity index (χ2v) is 6.07. The predicted octanol–water partition coefficient (Wildman–Crippen LogP) is 4.93. The first-order valence-electron chi connectivity index (χ1n) is 8.40. The molecule has 1 aromatic carbocycles. The maximum atomic E-state index is 12.1. The number of unbranched alkanes of at least 4 members (excludes halogenated alkanes) is 3. The zero-order valence-electron chi connectivity index (χ0n) is 13.4. The predicted molar refractivity (Wildman–Crippen MR) is 93.5 cm³/mol. The number of Topliss-reactive ketones (excluding diaryl/α,β-unsaturated/α-hetero) is 1. The Morgan fingerprint density at radius 3 is 2.52 bits per heavy atom. The smallest absolute Gasteiger partial charge is 0.172 e. The molecule has 0 N–H and O–H groups in total. The normalized spacial score (nSPS) is 13.6. The highest BCUT2D eigenvalue weighted by Gasteiger charge is 2.19. The Balaban J connectivity index is 1.40. The average Bonchev–Trinajstić information content (AvgIpc) is 2.59. The summed E-state index contributed by atoms with van der Waals surface area (Å²) in [5, 5.41) is 0. The van der Waals surface area contributed by atoms with E-state index in [9.17, 15) is 4.79 Å². The fraction of sp³-hybridized carbons (Fsp3) is 0.350. The van der Waals surface area contributed by atoms with Crippen molar-refractivity contribution in [1.29, 1.82) is 0 Å². The second kappa shape index (κ2) is 7.82. The summed E-state index contributed by atoms with van der Waals surface area (Å²) in [6.07, 6.45) is 10.6. The summed E-state index contributed by atoms with van der Waals surface area (Å²) >= 11 is 0. The van der Waals surface area contributed by atoms with Gasteiger partial charge in [-0.3, -0.25) is 14.8 Å². The minimum absolute atomic E-state index is 0.155. The highest BCUT2D eigenvalue weighted by Crippen LogP contribution is 2.26. The molecule has 3 nitrogen and oxygen atoms in total. The van der Waals surface area contributed by atoms with E-state index in [1.54, 1.807) is 12.4 Å². The first kappa shape index (κ1) is 15.6. The van der Waals surface area contributed by atoms with Gasteiger partial charge in [-0.15, -0.1) is 0 Å². The Morgan fingerprint density at radius 1 is 0.913 bits per heavy atom. The van der Waals surface area contributed by atoms with Crippen molar-refractivity contribution in [3.8, 4) is 0 Å². The fourth-order valence-corrected chi connectivity index (χ4v) is 2.99. The van der Waals surface area contributed by atoms with Crippen molar-refractivity contribution in [1.82, 2.24) is 4.98 Å². The third-order valence-corrected chi connectivity index (χ3v) is 4.27. The molecule has 3 rings (SSSR count). The van der Waals surface area contributed by atoms with Gasteiger partial charge in [0.05, 0.1) is 11.3 Å². The largest absolute Gasteiger partial charge is 0.294 e. The van der Waals surface area contributed by atoms with Crippen LogP contribution in [0.5, 0.6) is 0 Å². The zero-order valence-corrected chi connectivity index (χ0v) is 13.4. The van der Waals surface area contributed by atoms with Gasteiger partial charge >= 0.3 is 0 Å². The van der Waals surface area contributed by atoms with E-state index in [-0.39, 0.29) is 5.78 Å². The molecule has 0 saturated heterocycles. The number of hydrogen-bond acceptors (Lipinski definition) is 3. The number of benzene rings is 1. The maximum absolute atomic E-state index is 12.1. The van der Waals surface area contributed by atoms with Crippen LogP contribution >= 0.6 is 0 Å². The van der Waals surface area contributed by atoms with Gasteiger partial charge in [-0.2, -0.15) is 0 Å².